The predicted molar refractivity (Wildman–Crippen MR) is 94.5 cm³/mol. The van der Waals surface area contributed by atoms with E-state index in [1.807, 2.05) is 13.8 Å². The van der Waals surface area contributed by atoms with Gasteiger partial charge >= 0.3 is 6.18 Å². The minimum Gasteiger partial charge on any atom is -0.486 e. The maximum atomic E-state index is 12.7. The van der Waals surface area contributed by atoms with Crippen molar-refractivity contribution in [3.63, 3.8) is 0 Å². The lowest BCUT2D eigenvalue weighted by molar-refractivity contribution is -0.141. The summed E-state index contributed by atoms with van der Waals surface area (Å²) in [5.74, 6) is 0.336. The van der Waals surface area contributed by atoms with Crippen LogP contribution >= 0.6 is 0 Å². The second-order valence-electron chi connectivity index (χ2n) is 6.71. The average Bonchev–Trinajstić information content (AvgIpc) is 2.64. The molecule has 2 heterocycles. The summed E-state index contributed by atoms with van der Waals surface area (Å²) < 4.78 is 49.1. The number of hydrogen-bond acceptors (Lipinski definition) is 4. The highest BCUT2D eigenvalue weighted by atomic mass is 19.4. The summed E-state index contributed by atoms with van der Waals surface area (Å²) in [5, 5.41) is 2.72. The average molecular weight is 396 g/mol. The lowest BCUT2D eigenvalue weighted by atomic mass is 9.95. The van der Waals surface area contributed by atoms with Crippen LogP contribution in [0.5, 0.6) is 11.5 Å². The van der Waals surface area contributed by atoms with E-state index in [-0.39, 0.29) is 5.92 Å². The molecule has 1 aliphatic heterocycles. The maximum absolute atomic E-state index is 12.7. The topological polar surface area (TPSA) is 80.4 Å². The van der Waals surface area contributed by atoms with Gasteiger partial charge in [0.1, 0.15) is 24.5 Å². The quantitative estimate of drug-likeness (QED) is 0.831. The standard InChI is InChI=1S/C19H19F3N2O4/c1-10(2)16(11-3-5-13-14(9-11)28-8-7-27-13)24-18(26)12-4-6-15(19(20,21)22)23-17(12)25/h3-6,9-10,16H,7-8H2,1-2H3,(H,23,25)(H,24,26). The number of rotatable bonds is 4. The minimum atomic E-state index is -4.69. The number of hydrogen-bond donors (Lipinski definition) is 2. The third-order valence-electron chi connectivity index (χ3n) is 4.34. The van der Waals surface area contributed by atoms with Crippen molar-refractivity contribution in [2.24, 2.45) is 5.92 Å². The van der Waals surface area contributed by atoms with E-state index >= 15 is 0 Å². The number of benzene rings is 1. The highest BCUT2D eigenvalue weighted by molar-refractivity contribution is 5.94. The third-order valence-corrected chi connectivity index (χ3v) is 4.34. The number of ether oxygens (including phenoxy) is 2. The molecule has 1 aromatic carbocycles. The molecule has 0 fully saturated rings. The summed E-state index contributed by atoms with van der Waals surface area (Å²) in [6.07, 6.45) is -4.69. The summed E-state index contributed by atoms with van der Waals surface area (Å²) in [5.41, 5.74) is -1.97. The summed E-state index contributed by atoms with van der Waals surface area (Å²) in [7, 11) is 0. The van der Waals surface area contributed by atoms with Gasteiger partial charge in [-0.25, -0.2) is 0 Å². The van der Waals surface area contributed by atoms with Gasteiger partial charge in [0, 0.05) is 0 Å². The normalized spacial score (nSPS) is 14.6. The fourth-order valence-electron chi connectivity index (χ4n) is 2.93. The number of aromatic amines is 1. The van der Waals surface area contributed by atoms with Gasteiger partial charge in [0.2, 0.25) is 0 Å². The molecule has 1 atom stereocenters. The number of halogens is 3. The van der Waals surface area contributed by atoms with Gasteiger partial charge in [-0.15, -0.1) is 0 Å². The molecule has 0 spiro atoms. The van der Waals surface area contributed by atoms with E-state index in [9.17, 15) is 22.8 Å². The highest BCUT2D eigenvalue weighted by Gasteiger charge is 2.32. The number of carbonyl (C=O) groups is 1. The Hall–Kier alpha value is -2.97. The van der Waals surface area contributed by atoms with Crippen LogP contribution in [0.25, 0.3) is 0 Å². The van der Waals surface area contributed by atoms with Gasteiger partial charge in [-0.05, 0) is 35.7 Å². The molecule has 1 amide bonds. The van der Waals surface area contributed by atoms with Gasteiger partial charge in [-0.3, -0.25) is 9.59 Å². The van der Waals surface area contributed by atoms with Crippen molar-refractivity contribution in [2.45, 2.75) is 26.1 Å². The number of fused-ring (bicyclic) bond motifs is 1. The number of aromatic nitrogens is 1. The monoisotopic (exact) mass is 396 g/mol. The molecule has 0 saturated heterocycles. The molecule has 2 aromatic rings. The maximum Gasteiger partial charge on any atom is 0.431 e. The molecule has 0 bridgehead atoms. The molecular weight excluding hydrogens is 377 g/mol. The van der Waals surface area contributed by atoms with Crippen LogP contribution in [-0.2, 0) is 6.18 Å². The third kappa shape index (κ3) is 4.13. The molecule has 3 rings (SSSR count). The molecule has 9 heteroatoms. The Morgan fingerprint density at radius 2 is 1.79 bits per heavy atom. The van der Waals surface area contributed by atoms with E-state index in [4.69, 9.17) is 9.47 Å². The van der Waals surface area contributed by atoms with Gasteiger partial charge in [0.05, 0.1) is 6.04 Å². The van der Waals surface area contributed by atoms with E-state index in [0.717, 1.165) is 11.6 Å². The zero-order valence-electron chi connectivity index (χ0n) is 15.2. The first kappa shape index (κ1) is 19.8. The first-order valence-electron chi connectivity index (χ1n) is 8.67. The summed E-state index contributed by atoms with van der Waals surface area (Å²) in [6.45, 7) is 4.61. The van der Waals surface area contributed by atoms with E-state index < -0.39 is 34.9 Å². The number of H-pyrrole nitrogens is 1. The van der Waals surface area contributed by atoms with Crippen LogP contribution in [-0.4, -0.2) is 24.1 Å². The van der Waals surface area contributed by atoms with Crippen LogP contribution < -0.4 is 20.3 Å². The zero-order valence-corrected chi connectivity index (χ0v) is 15.2. The molecule has 0 saturated carbocycles. The van der Waals surface area contributed by atoms with Crippen molar-refractivity contribution in [3.05, 3.63) is 57.5 Å². The molecule has 1 aliphatic rings. The number of nitrogens with one attached hydrogen (secondary N) is 2. The van der Waals surface area contributed by atoms with Crippen LogP contribution in [0.3, 0.4) is 0 Å². The molecule has 0 radical (unpaired) electrons. The predicted octanol–water partition coefficient (Wildman–Crippen LogP) is 3.29. The Bertz CT molecular complexity index is 938. The fraction of sp³-hybridized carbons (Fsp3) is 0.368. The van der Waals surface area contributed by atoms with Crippen LogP contribution in [0.2, 0.25) is 0 Å². The van der Waals surface area contributed by atoms with Gasteiger partial charge in [-0.2, -0.15) is 13.2 Å². The second-order valence-corrected chi connectivity index (χ2v) is 6.71. The first-order valence-corrected chi connectivity index (χ1v) is 8.67. The van der Waals surface area contributed by atoms with Crippen LogP contribution in [0.4, 0.5) is 13.2 Å². The largest absolute Gasteiger partial charge is 0.486 e. The van der Waals surface area contributed by atoms with Crippen molar-refractivity contribution in [1.82, 2.24) is 10.3 Å². The van der Waals surface area contributed by atoms with Crippen molar-refractivity contribution in [2.75, 3.05) is 13.2 Å². The molecule has 0 aliphatic carbocycles. The first-order chi connectivity index (χ1) is 13.2. The molecule has 2 N–H and O–H groups in total. The van der Waals surface area contributed by atoms with E-state index in [2.05, 4.69) is 5.32 Å². The van der Waals surface area contributed by atoms with E-state index in [0.29, 0.717) is 30.8 Å². The molecule has 6 nitrogen and oxygen atoms in total. The summed E-state index contributed by atoms with van der Waals surface area (Å²) in [4.78, 5) is 26.2. The Kier molecular flexibility index (Phi) is 5.35. The molecule has 1 aromatic heterocycles. The Labute approximate surface area is 158 Å². The zero-order chi connectivity index (χ0) is 20.5. The van der Waals surface area contributed by atoms with Gasteiger partial charge in [0.15, 0.2) is 11.5 Å². The van der Waals surface area contributed by atoms with Crippen molar-refractivity contribution in [3.8, 4) is 11.5 Å². The number of alkyl halides is 3. The lowest BCUT2D eigenvalue weighted by Gasteiger charge is -2.25. The Balaban J connectivity index is 1.85. The van der Waals surface area contributed by atoms with Gasteiger partial charge in [-0.1, -0.05) is 19.9 Å². The summed E-state index contributed by atoms with van der Waals surface area (Å²) in [6, 6.07) is 6.32. The Morgan fingerprint density at radius 1 is 1.11 bits per heavy atom. The highest BCUT2D eigenvalue weighted by Crippen LogP contribution is 2.34. The van der Waals surface area contributed by atoms with E-state index in [1.165, 1.54) is 0 Å². The van der Waals surface area contributed by atoms with Gasteiger partial charge in [0.25, 0.3) is 11.5 Å². The van der Waals surface area contributed by atoms with Crippen molar-refractivity contribution < 1.29 is 27.4 Å². The van der Waals surface area contributed by atoms with Crippen molar-refractivity contribution in [1.29, 1.82) is 0 Å². The van der Waals surface area contributed by atoms with Crippen LogP contribution in [0, 0.1) is 5.92 Å². The number of pyridine rings is 1. The SMILES string of the molecule is CC(C)C(NC(=O)c1ccc(C(F)(F)F)[nH]c1=O)c1ccc2c(c1)OCCO2. The molecular formula is C19H19F3N2O4. The molecule has 1 unspecified atom stereocenters. The summed E-state index contributed by atoms with van der Waals surface area (Å²) >= 11 is 0. The second kappa shape index (κ2) is 7.57. The fourth-order valence-corrected chi connectivity index (χ4v) is 2.93. The van der Waals surface area contributed by atoms with Crippen LogP contribution in [0.15, 0.2) is 35.1 Å². The van der Waals surface area contributed by atoms with Gasteiger partial charge < -0.3 is 19.8 Å². The minimum absolute atomic E-state index is 0.0555. The van der Waals surface area contributed by atoms with Crippen molar-refractivity contribution >= 4 is 5.91 Å². The molecule has 28 heavy (non-hydrogen) atoms. The Morgan fingerprint density at radius 3 is 2.39 bits per heavy atom. The number of carbonyl (C=O) groups excluding carboxylic acids is 1. The number of amides is 1. The lowest BCUT2D eigenvalue weighted by Crippen LogP contribution is -2.35. The molecule has 150 valence electrons. The van der Waals surface area contributed by atoms with E-state index in [1.54, 1.807) is 23.2 Å². The van der Waals surface area contributed by atoms with Crippen LogP contribution in [0.1, 0.15) is 41.5 Å². The smallest absolute Gasteiger partial charge is 0.431 e.